The van der Waals surface area contributed by atoms with Crippen molar-refractivity contribution in [3.63, 3.8) is 0 Å². The molecule has 2 aromatic rings. The van der Waals surface area contributed by atoms with Gasteiger partial charge in [0.1, 0.15) is 11.4 Å². The van der Waals surface area contributed by atoms with Gasteiger partial charge in [-0.2, -0.15) is 0 Å². The molecule has 0 saturated carbocycles. The molecule has 0 spiro atoms. The molecule has 1 amide bonds. The Labute approximate surface area is 180 Å². The molecular formula is C24H24N2O5. The Morgan fingerprint density at radius 3 is 2.52 bits per heavy atom. The number of nitrogens with zero attached hydrogens (tertiary/aromatic N) is 2. The van der Waals surface area contributed by atoms with Crippen LogP contribution in [0.1, 0.15) is 49.7 Å². The highest BCUT2D eigenvalue weighted by atomic mass is 16.6. The summed E-state index contributed by atoms with van der Waals surface area (Å²) in [6.07, 6.45) is 2.58. The number of hydrogen-bond donors (Lipinski definition) is 0. The third kappa shape index (κ3) is 3.71. The quantitative estimate of drug-likeness (QED) is 0.517. The maximum Gasteiger partial charge on any atom is 0.297 e. The first kappa shape index (κ1) is 20.8. The Kier molecular flexibility index (Phi) is 5.59. The number of anilines is 1. The van der Waals surface area contributed by atoms with Crippen LogP contribution in [0.5, 0.6) is 5.75 Å². The van der Waals surface area contributed by atoms with Gasteiger partial charge < -0.3 is 4.74 Å². The number of aryl methyl sites for hydroxylation is 1. The highest BCUT2D eigenvalue weighted by molar-refractivity contribution is 6.08. The van der Waals surface area contributed by atoms with Crippen molar-refractivity contribution >= 4 is 23.1 Å². The Hall–Kier alpha value is -3.48. The topological polar surface area (TPSA) is 89.8 Å². The minimum atomic E-state index is -0.522. The molecule has 0 aromatic heterocycles. The fourth-order valence-electron chi connectivity index (χ4n) is 4.51. The molecule has 1 unspecified atom stereocenters. The van der Waals surface area contributed by atoms with Gasteiger partial charge in [-0.15, -0.1) is 0 Å². The summed E-state index contributed by atoms with van der Waals surface area (Å²) in [4.78, 5) is 38.9. The molecule has 0 bridgehead atoms. The third-order valence-electron chi connectivity index (χ3n) is 6.09. The van der Waals surface area contributed by atoms with Gasteiger partial charge in [-0.1, -0.05) is 31.2 Å². The second kappa shape index (κ2) is 8.34. The second-order valence-corrected chi connectivity index (χ2v) is 7.83. The first-order valence-electron chi connectivity index (χ1n) is 10.4. The maximum atomic E-state index is 13.3. The van der Waals surface area contributed by atoms with Gasteiger partial charge in [0, 0.05) is 30.0 Å². The van der Waals surface area contributed by atoms with E-state index in [0.717, 1.165) is 12.0 Å². The fourth-order valence-corrected chi connectivity index (χ4v) is 4.51. The molecule has 1 aliphatic heterocycles. The van der Waals surface area contributed by atoms with Crippen molar-refractivity contribution < 1.29 is 19.2 Å². The van der Waals surface area contributed by atoms with Crippen molar-refractivity contribution in [2.24, 2.45) is 0 Å². The molecule has 0 N–H and O–H groups in total. The van der Waals surface area contributed by atoms with Gasteiger partial charge in [-0.05, 0) is 42.5 Å². The largest absolute Gasteiger partial charge is 0.496 e. The Balaban J connectivity index is 1.86. The average molecular weight is 420 g/mol. The first-order valence-corrected chi connectivity index (χ1v) is 10.4. The van der Waals surface area contributed by atoms with E-state index in [9.17, 15) is 19.7 Å². The van der Waals surface area contributed by atoms with Gasteiger partial charge in [0.25, 0.3) is 5.69 Å². The van der Waals surface area contributed by atoms with Gasteiger partial charge in [0.15, 0.2) is 5.78 Å². The van der Waals surface area contributed by atoms with E-state index in [4.69, 9.17) is 4.74 Å². The Morgan fingerprint density at radius 1 is 1.13 bits per heavy atom. The Morgan fingerprint density at radius 2 is 1.87 bits per heavy atom. The number of benzene rings is 2. The Bertz CT molecular complexity index is 1090. The fraction of sp³-hybridized carbons (Fsp3) is 0.333. The van der Waals surface area contributed by atoms with E-state index in [-0.39, 0.29) is 35.4 Å². The van der Waals surface area contributed by atoms with E-state index in [1.807, 2.05) is 24.3 Å². The second-order valence-electron chi connectivity index (χ2n) is 7.83. The molecule has 31 heavy (non-hydrogen) atoms. The smallest absolute Gasteiger partial charge is 0.297 e. The van der Waals surface area contributed by atoms with E-state index in [1.165, 1.54) is 29.7 Å². The number of hydrogen-bond acceptors (Lipinski definition) is 5. The lowest BCUT2D eigenvalue weighted by Crippen LogP contribution is -2.40. The number of Topliss-reactive ketones (excluding diaryl/α,β-unsaturated/α-hetero) is 1. The number of carbonyl (C=O) groups excluding carboxylic acids is 2. The molecule has 1 heterocycles. The molecule has 0 saturated heterocycles. The van der Waals surface area contributed by atoms with Crippen LogP contribution in [0.15, 0.2) is 53.7 Å². The molecule has 2 aromatic carbocycles. The summed E-state index contributed by atoms with van der Waals surface area (Å²) in [7, 11) is 1.43. The SMILES string of the molecule is CCc1ccc(C2CC(=O)N(c3ccc(OC)cc3[N+](=O)[O-])C3=C2C(=O)CCC3)cc1. The van der Waals surface area contributed by atoms with E-state index >= 15 is 0 Å². The molecule has 1 aliphatic carbocycles. The van der Waals surface area contributed by atoms with Gasteiger partial charge in [-0.25, -0.2) is 0 Å². The summed E-state index contributed by atoms with van der Waals surface area (Å²) in [6, 6.07) is 12.4. The van der Waals surface area contributed by atoms with Gasteiger partial charge in [0.05, 0.1) is 18.1 Å². The number of nitro groups is 1. The van der Waals surface area contributed by atoms with Crippen LogP contribution in [-0.2, 0) is 16.0 Å². The van der Waals surface area contributed by atoms with Crippen molar-refractivity contribution in [1.82, 2.24) is 0 Å². The van der Waals surface area contributed by atoms with E-state index in [2.05, 4.69) is 6.92 Å². The summed E-state index contributed by atoms with van der Waals surface area (Å²) < 4.78 is 5.12. The van der Waals surface area contributed by atoms with Crippen LogP contribution in [0.25, 0.3) is 0 Å². The molecule has 0 radical (unpaired) electrons. The number of amides is 1. The number of carbonyl (C=O) groups is 2. The van der Waals surface area contributed by atoms with Gasteiger partial charge >= 0.3 is 0 Å². The van der Waals surface area contributed by atoms with Crippen molar-refractivity contribution in [2.45, 2.75) is 44.9 Å². The molecule has 7 heteroatoms. The predicted octanol–water partition coefficient (Wildman–Crippen LogP) is 4.69. The normalized spacial score (nSPS) is 18.8. The number of rotatable bonds is 5. The van der Waals surface area contributed by atoms with E-state index in [0.29, 0.717) is 36.3 Å². The number of allylic oxidation sites excluding steroid dienone is 2. The van der Waals surface area contributed by atoms with Gasteiger partial charge in [-0.3, -0.25) is 24.6 Å². The lowest BCUT2D eigenvalue weighted by Gasteiger charge is -2.38. The van der Waals surface area contributed by atoms with Crippen LogP contribution < -0.4 is 9.64 Å². The predicted molar refractivity (Wildman–Crippen MR) is 116 cm³/mol. The molecule has 0 fully saturated rings. The summed E-state index contributed by atoms with van der Waals surface area (Å²) in [5.41, 5.74) is 3.27. The third-order valence-corrected chi connectivity index (χ3v) is 6.09. The summed E-state index contributed by atoms with van der Waals surface area (Å²) in [5, 5.41) is 11.7. The van der Waals surface area contributed by atoms with Crippen molar-refractivity contribution in [1.29, 1.82) is 0 Å². The lowest BCUT2D eigenvalue weighted by molar-refractivity contribution is -0.384. The molecule has 4 rings (SSSR count). The van der Waals surface area contributed by atoms with E-state index < -0.39 is 4.92 Å². The minimum absolute atomic E-state index is 0.0134. The molecular weight excluding hydrogens is 396 g/mol. The average Bonchev–Trinajstić information content (AvgIpc) is 2.78. The standard InChI is InChI=1S/C24H24N2O5/c1-3-15-7-9-16(10-8-15)18-14-23(28)25(20-5-4-6-22(27)24(18)20)19-12-11-17(31-2)13-21(19)26(29)30/h7-13,18H,3-6,14H2,1-2H3. The minimum Gasteiger partial charge on any atom is -0.496 e. The zero-order valence-electron chi connectivity index (χ0n) is 17.6. The highest BCUT2D eigenvalue weighted by Gasteiger charge is 2.41. The van der Waals surface area contributed by atoms with Crippen molar-refractivity contribution in [2.75, 3.05) is 12.0 Å². The molecule has 2 aliphatic rings. The van der Waals surface area contributed by atoms with Crippen molar-refractivity contribution in [3.05, 3.63) is 75.0 Å². The number of ketones is 1. The zero-order chi connectivity index (χ0) is 22.1. The molecule has 160 valence electrons. The number of ether oxygens (including phenoxy) is 1. The number of methoxy groups -OCH3 is 1. The first-order chi connectivity index (χ1) is 14.9. The zero-order valence-corrected chi connectivity index (χ0v) is 17.6. The maximum absolute atomic E-state index is 13.3. The summed E-state index contributed by atoms with van der Waals surface area (Å²) >= 11 is 0. The van der Waals surface area contributed by atoms with Crippen LogP contribution in [0.4, 0.5) is 11.4 Å². The van der Waals surface area contributed by atoms with Crippen molar-refractivity contribution in [3.8, 4) is 5.75 Å². The van der Waals surface area contributed by atoms with Crippen LogP contribution in [-0.4, -0.2) is 23.7 Å². The summed E-state index contributed by atoms with van der Waals surface area (Å²) in [6.45, 7) is 2.07. The van der Waals surface area contributed by atoms with Crippen LogP contribution in [0, 0.1) is 10.1 Å². The monoisotopic (exact) mass is 420 g/mol. The van der Waals surface area contributed by atoms with E-state index in [1.54, 1.807) is 6.07 Å². The van der Waals surface area contributed by atoms with Crippen LogP contribution in [0.2, 0.25) is 0 Å². The molecule has 1 atom stereocenters. The van der Waals surface area contributed by atoms with Crippen LogP contribution >= 0.6 is 0 Å². The number of nitro benzene ring substituents is 1. The van der Waals surface area contributed by atoms with Crippen LogP contribution in [0.3, 0.4) is 0 Å². The molecule has 7 nitrogen and oxygen atoms in total. The highest BCUT2D eigenvalue weighted by Crippen LogP contribution is 2.45. The summed E-state index contributed by atoms with van der Waals surface area (Å²) in [5.74, 6) is -0.219. The lowest BCUT2D eigenvalue weighted by atomic mass is 9.77. The van der Waals surface area contributed by atoms with Gasteiger partial charge in [0.2, 0.25) is 5.91 Å².